The quantitative estimate of drug-likeness (QED) is 0.800. The van der Waals surface area contributed by atoms with E-state index in [9.17, 15) is 9.59 Å². The summed E-state index contributed by atoms with van der Waals surface area (Å²) in [4.78, 5) is 24.2. The van der Waals surface area contributed by atoms with Crippen LogP contribution in [0.4, 0.5) is 11.4 Å². The first-order chi connectivity index (χ1) is 9.13. The van der Waals surface area contributed by atoms with Gasteiger partial charge in [0.15, 0.2) is 0 Å². The Morgan fingerprint density at radius 2 is 1.89 bits per heavy atom. The smallest absolute Gasteiger partial charge is 0.267 e. The van der Waals surface area contributed by atoms with Crippen LogP contribution in [0.2, 0.25) is 0 Å². The van der Waals surface area contributed by atoms with Crippen molar-refractivity contribution in [2.75, 3.05) is 18.1 Å². The van der Waals surface area contributed by atoms with Gasteiger partial charge < -0.3 is 16.4 Å². The lowest BCUT2D eigenvalue weighted by atomic mass is 10.1. The number of carbonyl (C=O) groups excluding carboxylic acids is 2. The fourth-order valence-corrected chi connectivity index (χ4v) is 2.32. The van der Waals surface area contributed by atoms with E-state index in [0.29, 0.717) is 21.8 Å². The van der Waals surface area contributed by atoms with Crippen molar-refractivity contribution in [1.82, 2.24) is 5.32 Å². The molecule has 0 unspecified atom stereocenters. The fourth-order valence-electron chi connectivity index (χ4n) is 1.61. The van der Waals surface area contributed by atoms with E-state index in [-0.39, 0.29) is 11.8 Å². The Bertz CT molecular complexity index is 622. The zero-order chi connectivity index (χ0) is 13.8. The first-order valence-electron chi connectivity index (χ1n) is 5.59. The number of carbonyl (C=O) groups is 2. The van der Waals surface area contributed by atoms with Gasteiger partial charge >= 0.3 is 0 Å². The number of nitrogen functional groups attached to an aromatic ring is 1. The molecule has 2 amide bonds. The van der Waals surface area contributed by atoms with Crippen molar-refractivity contribution < 1.29 is 9.59 Å². The van der Waals surface area contributed by atoms with Crippen molar-refractivity contribution in [1.29, 1.82) is 0 Å². The zero-order valence-electron chi connectivity index (χ0n) is 10.3. The lowest BCUT2D eigenvalue weighted by molar-refractivity contribution is 0.0964. The lowest BCUT2D eigenvalue weighted by Crippen LogP contribution is -2.21. The van der Waals surface area contributed by atoms with Gasteiger partial charge in [-0.3, -0.25) is 9.59 Å². The van der Waals surface area contributed by atoms with Crippen molar-refractivity contribution >= 4 is 34.5 Å². The SMILES string of the molecule is CNC(=O)c1ccccc1NC(=O)c1sccc1N. The molecule has 0 aliphatic carbocycles. The summed E-state index contributed by atoms with van der Waals surface area (Å²) in [5.41, 5.74) is 6.99. The van der Waals surface area contributed by atoms with Gasteiger partial charge in [-0.15, -0.1) is 11.3 Å². The maximum atomic E-state index is 12.0. The third-order valence-corrected chi connectivity index (χ3v) is 3.48. The minimum atomic E-state index is -0.316. The summed E-state index contributed by atoms with van der Waals surface area (Å²) in [5.74, 6) is -0.570. The van der Waals surface area contributed by atoms with E-state index in [1.807, 2.05) is 0 Å². The molecule has 0 saturated carbocycles. The van der Waals surface area contributed by atoms with Gasteiger partial charge in [-0.2, -0.15) is 0 Å². The van der Waals surface area contributed by atoms with Crippen LogP contribution in [0.1, 0.15) is 20.0 Å². The molecule has 0 aliphatic heterocycles. The lowest BCUT2D eigenvalue weighted by Gasteiger charge is -2.09. The summed E-state index contributed by atoms with van der Waals surface area (Å²) in [7, 11) is 1.54. The number of hydrogen-bond acceptors (Lipinski definition) is 4. The minimum Gasteiger partial charge on any atom is -0.397 e. The van der Waals surface area contributed by atoms with Gasteiger partial charge in [-0.1, -0.05) is 12.1 Å². The molecule has 0 fully saturated rings. The highest BCUT2D eigenvalue weighted by Crippen LogP contribution is 2.22. The van der Waals surface area contributed by atoms with Gasteiger partial charge in [0.05, 0.1) is 16.9 Å². The number of nitrogens with two attached hydrogens (primary N) is 1. The number of thiophene rings is 1. The van der Waals surface area contributed by atoms with Gasteiger partial charge in [0.25, 0.3) is 11.8 Å². The monoisotopic (exact) mass is 275 g/mol. The maximum Gasteiger partial charge on any atom is 0.267 e. The highest BCUT2D eigenvalue weighted by molar-refractivity contribution is 7.12. The van der Waals surface area contributed by atoms with E-state index < -0.39 is 0 Å². The van der Waals surface area contributed by atoms with Crippen LogP contribution >= 0.6 is 11.3 Å². The predicted octanol–water partition coefficient (Wildman–Crippen LogP) is 1.94. The molecule has 0 spiro atoms. The molecule has 0 aliphatic rings. The molecule has 4 N–H and O–H groups in total. The molecule has 1 aromatic carbocycles. The average molecular weight is 275 g/mol. The summed E-state index contributed by atoms with van der Waals surface area (Å²) in [6.45, 7) is 0. The number of rotatable bonds is 3. The summed E-state index contributed by atoms with van der Waals surface area (Å²) in [5, 5.41) is 6.97. The Kier molecular flexibility index (Phi) is 3.82. The van der Waals surface area contributed by atoms with E-state index in [4.69, 9.17) is 5.73 Å². The Morgan fingerprint density at radius 1 is 1.16 bits per heavy atom. The van der Waals surface area contributed by atoms with Crippen LogP contribution in [0.3, 0.4) is 0 Å². The van der Waals surface area contributed by atoms with Crippen molar-refractivity contribution in [3.63, 3.8) is 0 Å². The number of hydrogen-bond donors (Lipinski definition) is 3. The summed E-state index contributed by atoms with van der Waals surface area (Å²) in [6, 6.07) is 8.47. The molecular formula is C13H13N3O2S. The van der Waals surface area contributed by atoms with Crippen LogP contribution in [-0.2, 0) is 0 Å². The van der Waals surface area contributed by atoms with Gasteiger partial charge in [0.2, 0.25) is 0 Å². The molecule has 2 aromatic rings. The van der Waals surface area contributed by atoms with Gasteiger partial charge in [0.1, 0.15) is 4.88 Å². The summed E-state index contributed by atoms with van der Waals surface area (Å²) >= 11 is 1.26. The van der Waals surface area contributed by atoms with Crippen LogP contribution in [0, 0.1) is 0 Å². The molecule has 19 heavy (non-hydrogen) atoms. The third kappa shape index (κ3) is 2.74. The average Bonchev–Trinajstić information content (AvgIpc) is 2.85. The Labute approximate surface area is 114 Å². The van der Waals surface area contributed by atoms with Crippen LogP contribution < -0.4 is 16.4 Å². The molecule has 5 nitrogen and oxygen atoms in total. The molecule has 2 rings (SSSR count). The van der Waals surface area contributed by atoms with Gasteiger partial charge in [-0.05, 0) is 23.6 Å². The van der Waals surface area contributed by atoms with E-state index in [1.165, 1.54) is 18.4 Å². The minimum absolute atomic E-state index is 0.255. The second-order valence-electron chi connectivity index (χ2n) is 3.78. The van der Waals surface area contributed by atoms with Crippen molar-refractivity contribution in [2.24, 2.45) is 0 Å². The molecule has 0 atom stereocenters. The largest absolute Gasteiger partial charge is 0.397 e. The molecule has 6 heteroatoms. The maximum absolute atomic E-state index is 12.0. The number of para-hydroxylation sites is 1. The molecule has 1 heterocycles. The first-order valence-corrected chi connectivity index (χ1v) is 6.47. The molecule has 98 valence electrons. The van der Waals surface area contributed by atoms with Gasteiger partial charge in [-0.25, -0.2) is 0 Å². The Hall–Kier alpha value is -2.34. The normalized spacial score (nSPS) is 9.95. The second-order valence-corrected chi connectivity index (χ2v) is 4.70. The topological polar surface area (TPSA) is 84.2 Å². The highest BCUT2D eigenvalue weighted by Gasteiger charge is 2.15. The number of anilines is 2. The third-order valence-electron chi connectivity index (χ3n) is 2.55. The van der Waals surface area contributed by atoms with Crippen LogP contribution in [0.25, 0.3) is 0 Å². The summed E-state index contributed by atoms with van der Waals surface area (Å²) in [6.07, 6.45) is 0. The number of nitrogens with one attached hydrogen (secondary N) is 2. The second kappa shape index (κ2) is 5.53. The van der Waals surface area contributed by atoms with Gasteiger partial charge in [0, 0.05) is 7.05 Å². The highest BCUT2D eigenvalue weighted by atomic mass is 32.1. The van der Waals surface area contributed by atoms with Crippen molar-refractivity contribution in [3.8, 4) is 0 Å². The molecular weight excluding hydrogens is 262 g/mol. The van der Waals surface area contributed by atoms with Crippen molar-refractivity contribution in [3.05, 3.63) is 46.2 Å². The van der Waals surface area contributed by atoms with E-state index in [0.717, 1.165) is 0 Å². The Morgan fingerprint density at radius 3 is 2.53 bits per heavy atom. The standard InChI is InChI=1S/C13H13N3O2S/c1-15-12(17)8-4-2-3-5-10(8)16-13(18)11-9(14)6-7-19-11/h2-7H,14H2,1H3,(H,15,17)(H,16,18). The predicted molar refractivity (Wildman–Crippen MR) is 76.5 cm³/mol. The summed E-state index contributed by atoms with van der Waals surface area (Å²) < 4.78 is 0. The molecule has 0 saturated heterocycles. The fraction of sp³-hybridized carbons (Fsp3) is 0.0769. The van der Waals surface area contributed by atoms with Crippen LogP contribution in [-0.4, -0.2) is 18.9 Å². The van der Waals surface area contributed by atoms with E-state index in [2.05, 4.69) is 10.6 Å². The van der Waals surface area contributed by atoms with Crippen LogP contribution in [0.5, 0.6) is 0 Å². The van der Waals surface area contributed by atoms with Crippen molar-refractivity contribution in [2.45, 2.75) is 0 Å². The molecule has 0 bridgehead atoms. The number of amides is 2. The molecule has 0 radical (unpaired) electrons. The zero-order valence-corrected chi connectivity index (χ0v) is 11.1. The first kappa shape index (κ1) is 13.1. The van der Waals surface area contributed by atoms with E-state index in [1.54, 1.807) is 35.7 Å². The van der Waals surface area contributed by atoms with E-state index >= 15 is 0 Å². The Balaban J connectivity index is 2.27. The van der Waals surface area contributed by atoms with Crippen LogP contribution in [0.15, 0.2) is 35.7 Å². The number of benzene rings is 1. The molecule has 1 aromatic heterocycles.